The molecule has 0 bridgehead atoms. The summed E-state index contributed by atoms with van der Waals surface area (Å²) >= 11 is 4.62. The van der Waals surface area contributed by atoms with Gasteiger partial charge in [-0.1, -0.05) is 11.8 Å². The van der Waals surface area contributed by atoms with Crippen LogP contribution in [0, 0.1) is 17.0 Å². The van der Waals surface area contributed by atoms with Gasteiger partial charge in [0.2, 0.25) is 5.91 Å². The Morgan fingerprint density at radius 3 is 2.50 bits per heavy atom. The normalized spacial score (nSPS) is 15.0. The smallest absolute Gasteiger partial charge is 0.379 e. The summed E-state index contributed by atoms with van der Waals surface area (Å²) in [6, 6.07) is 2.21. The Labute approximate surface area is 217 Å². The Morgan fingerprint density at radius 2 is 1.86 bits per heavy atom. The van der Waals surface area contributed by atoms with Gasteiger partial charge in [-0.25, -0.2) is 18.7 Å². The second-order valence-corrected chi connectivity index (χ2v) is 9.71. The van der Waals surface area contributed by atoms with Gasteiger partial charge in [-0.15, -0.1) is 0 Å². The molecule has 2 aromatic rings. The fourth-order valence-corrected chi connectivity index (χ4v) is 4.68. The fourth-order valence-electron chi connectivity index (χ4n) is 3.87. The number of thioether (sulfide) groups is 1. The van der Waals surface area contributed by atoms with Crippen molar-refractivity contribution >= 4 is 39.3 Å². The summed E-state index contributed by atoms with van der Waals surface area (Å²) in [7, 11) is 0. The van der Waals surface area contributed by atoms with Crippen LogP contribution >= 0.6 is 27.7 Å². The maximum Gasteiger partial charge on any atom is 0.432 e. The molecule has 194 valence electrons. The third-order valence-electron chi connectivity index (χ3n) is 5.47. The minimum atomic E-state index is -4.78. The van der Waals surface area contributed by atoms with Gasteiger partial charge in [0.25, 0.3) is 0 Å². The van der Waals surface area contributed by atoms with Crippen LogP contribution in [0.4, 0.5) is 22.0 Å². The van der Waals surface area contributed by atoms with E-state index in [4.69, 9.17) is 5.41 Å². The van der Waals surface area contributed by atoms with E-state index in [9.17, 15) is 26.7 Å². The van der Waals surface area contributed by atoms with Gasteiger partial charge in [0, 0.05) is 23.5 Å². The summed E-state index contributed by atoms with van der Waals surface area (Å²) in [5.74, 6) is -2.11. The highest BCUT2D eigenvalue weighted by Gasteiger charge is 2.38. The van der Waals surface area contributed by atoms with Crippen LogP contribution in [0.15, 0.2) is 45.3 Å². The van der Waals surface area contributed by atoms with Crippen molar-refractivity contribution in [1.82, 2.24) is 20.6 Å². The van der Waals surface area contributed by atoms with E-state index in [2.05, 4.69) is 36.5 Å². The molecule has 0 fully saturated rings. The number of hydrogen-bond acceptors (Lipinski definition) is 6. The highest BCUT2D eigenvalue weighted by molar-refractivity contribution is 9.10. The van der Waals surface area contributed by atoms with Crippen LogP contribution < -0.4 is 10.6 Å². The molecule has 1 atom stereocenters. The summed E-state index contributed by atoms with van der Waals surface area (Å²) in [4.78, 5) is 21.4. The van der Waals surface area contributed by atoms with Gasteiger partial charge in [0.1, 0.15) is 17.3 Å². The molecule has 1 aromatic carbocycles. The number of nitrogens with zero attached hydrogens (tertiary/aromatic N) is 2. The van der Waals surface area contributed by atoms with Crippen molar-refractivity contribution in [2.45, 2.75) is 49.5 Å². The number of aromatic nitrogens is 2. The zero-order valence-corrected chi connectivity index (χ0v) is 21.5. The highest BCUT2D eigenvalue weighted by atomic mass is 79.9. The number of carbonyl (C=O) groups excluding carboxylic acids is 1. The standard InChI is InChI=1S/C23H23BrF5N5OS/c1-36-22-32-10-16(24)20(34-22)18(8-12-6-13(25)9-14(26)7-12)33-19(35)11-31-17-5-3-2-4-15(17)21(30)23(27,28)29/h6-7,9-10,18,30-31H,2-5,8,11H2,1H3,(H,33,35)/t18-/m1/s1. The average Bonchev–Trinajstić information content (AvgIpc) is 2.81. The lowest BCUT2D eigenvalue weighted by Crippen LogP contribution is -2.38. The Balaban J connectivity index is 1.82. The molecular weight excluding hydrogens is 569 g/mol. The number of hydrogen-bond donors (Lipinski definition) is 3. The summed E-state index contributed by atoms with van der Waals surface area (Å²) < 4.78 is 67.3. The van der Waals surface area contributed by atoms with Crippen LogP contribution in [0.2, 0.25) is 0 Å². The molecule has 0 radical (unpaired) electrons. The van der Waals surface area contributed by atoms with E-state index in [1.807, 2.05) is 0 Å². The largest absolute Gasteiger partial charge is 0.432 e. The van der Waals surface area contributed by atoms with E-state index in [0.29, 0.717) is 34.6 Å². The van der Waals surface area contributed by atoms with E-state index in [1.54, 1.807) is 6.26 Å². The Hall–Kier alpha value is -2.54. The molecule has 36 heavy (non-hydrogen) atoms. The van der Waals surface area contributed by atoms with Crippen molar-refractivity contribution in [3.63, 3.8) is 0 Å². The maximum atomic E-state index is 13.8. The molecule has 6 nitrogen and oxygen atoms in total. The molecule has 0 spiro atoms. The molecular formula is C23H23BrF5N5OS. The summed E-state index contributed by atoms with van der Waals surface area (Å²) in [5, 5.41) is 13.4. The number of nitrogens with one attached hydrogen (secondary N) is 3. The second-order valence-electron chi connectivity index (χ2n) is 8.08. The van der Waals surface area contributed by atoms with Crippen molar-refractivity contribution in [3.05, 3.63) is 63.0 Å². The third-order valence-corrected chi connectivity index (χ3v) is 6.65. The lowest BCUT2D eigenvalue weighted by molar-refractivity contribution is -0.120. The maximum absolute atomic E-state index is 13.8. The zero-order valence-electron chi connectivity index (χ0n) is 19.1. The van der Waals surface area contributed by atoms with Gasteiger partial charge in [0.15, 0.2) is 5.16 Å². The summed E-state index contributed by atoms with van der Waals surface area (Å²) in [6.07, 6.45) is 0.0374. The van der Waals surface area contributed by atoms with Crippen LogP contribution in [0.5, 0.6) is 0 Å². The number of benzene rings is 1. The first-order chi connectivity index (χ1) is 17.0. The molecule has 1 heterocycles. The monoisotopic (exact) mass is 591 g/mol. The van der Waals surface area contributed by atoms with E-state index < -0.39 is 35.5 Å². The minimum Gasteiger partial charge on any atom is -0.379 e. The van der Waals surface area contributed by atoms with E-state index in [0.717, 1.165) is 18.2 Å². The molecule has 0 unspecified atom stereocenters. The number of alkyl halides is 3. The van der Waals surface area contributed by atoms with E-state index in [-0.39, 0.29) is 36.2 Å². The first-order valence-electron chi connectivity index (χ1n) is 10.9. The average molecular weight is 592 g/mol. The van der Waals surface area contributed by atoms with Gasteiger partial charge in [-0.05, 0) is 72.0 Å². The van der Waals surface area contributed by atoms with Gasteiger partial charge in [-0.2, -0.15) is 13.2 Å². The van der Waals surface area contributed by atoms with Crippen LogP contribution in [-0.4, -0.2) is 40.6 Å². The fraction of sp³-hybridized carbons (Fsp3) is 0.391. The van der Waals surface area contributed by atoms with Crippen molar-refractivity contribution in [2.75, 3.05) is 12.8 Å². The predicted molar refractivity (Wildman–Crippen MR) is 130 cm³/mol. The number of amides is 1. The van der Waals surface area contributed by atoms with Crippen LogP contribution in [0.1, 0.15) is 43.0 Å². The zero-order chi connectivity index (χ0) is 26.5. The van der Waals surface area contributed by atoms with Crippen LogP contribution in [0.25, 0.3) is 0 Å². The SMILES string of the molecule is CSc1ncc(Br)c([C@@H](Cc2cc(F)cc(F)c2)NC(=O)CNC2=C(C(=N)C(F)(F)F)CCCC2)n1. The Bertz CT molecular complexity index is 1150. The molecule has 13 heteroatoms. The lowest BCUT2D eigenvalue weighted by atomic mass is 9.92. The number of allylic oxidation sites excluding steroid dienone is 2. The van der Waals surface area contributed by atoms with Gasteiger partial charge >= 0.3 is 6.18 Å². The second kappa shape index (κ2) is 12.1. The Kier molecular flexibility index (Phi) is 9.45. The molecule has 0 saturated heterocycles. The molecule has 3 rings (SSSR count). The Morgan fingerprint density at radius 1 is 1.19 bits per heavy atom. The number of halogens is 6. The van der Waals surface area contributed by atoms with Crippen molar-refractivity contribution in [2.24, 2.45) is 0 Å². The molecule has 1 aromatic heterocycles. The van der Waals surface area contributed by atoms with E-state index in [1.165, 1.54) is 18.0 Å². The predicted octanol–water partition coefficient (Wildman–Crippen LogP) is 5.64. The first-order valence-corrected chi connectivity index (χ1v) is 12.9. The molecule has 1 aliphatic carbocycles. The topological polar surface area (TPSA) is 90.8 Å². The number of carbonyl (C=O) groups is 1. The van der Waals surface area contributed by atoms with Gasteiger partial charge in [-0.3, -0.25) is 10.2 Å². The number of rotatable bonds is 9. The van der Waals surface area contributed by atoms with Crippen LogP contribution in [0.3, 0.4) is 0 Å². The van der Waals surface area contributed by atoms with Crippen molar-refractivity contribution < 1.29 is 26.7 Å². The summed E-state index contributed by atoms with van der Waals surface area (Å²) in [5.41, 5.74) is -0.681. The quantitative estimate of drug-likeness (QED) is 0.152. The van der Waals surface area contributed by atoms with Gasteiger partial charge in [0.05, 0.1) is 22.8 Å². The molecule has 0 saturated carbocycles. The molecule has 1 amide bonds. The van der Waals surface area contributed by atoms with Crippen molar-refractivity contribution in [3.8, 4) is 0 Å². The molecule has 0 aliphatic heterocycles. The first kappa shape index (κ1) is 28.0. The summed E-state index contributed by atoms with van der Waals surface area (Å²) in [6.45, 7) is -0.351. The lowest BCUT2D eigenvalue weighted by Gasteiger charge is -2.24. The molecule has 3 N–H and O–H groups in total. The third kappa shape index (κ3) is 7.48. The van der Waals surface area contributed by atoms with Gasteiger partial charge < -0.3 is 10.6 Å². The van der Waals surface area contributed by atoms with Crippen LogP contribution in [-0.2, 0) is 11.2 Å². The highest BCUT2D eigenvalue weighted by Crippen LogP contribution is 2.31. The minimum absolute atomic E-state index is 0.00345. The molecule has 1 aliphatic rings. The van der Waals surface area contributed by atoms with E-state index >= 15 is 0 Å². The van der Waals surface area contributed by atoms with Crippen molar-refractivity contribution in [1.29, 1.82) is 5.41 Å².